The number of allylic oxidation sites excluding steroid dienone is 1. The molecule has 32 heavy (non-hydrogen) atoms. The third-order valence-corrected chi connectivity index (χ3v) is 5.07. The molecule has 5 heteroatoms. The molecule has 6 N–H and O–H groups in total. The zero-order chi connectivity index (χ0) is 22.9. The number of aromatic nitrogens is 1. The van der Waals surface area contributed by atoms with Crippen molar-refractivity contribution in [1.29, 1.82) is 0 Å². The lowest BCUT2D eigenvalue weighted by Gasteiger charge is -2.16. The number of para-hydroxylation sites is 1. The SMILES string of the molecule is C=C(CC)CNC(=C)c1ccccc1Nc1ccc(C(=[NH2+])/C=C/c2ccccn2)c(N)c1. The summed E-state index contributed by atoms with van der Waals surface area (Å²) < 4.78 is 0. The highest BCUT2D eigenvalue weighted by Crippen LogP contribution is 2.27. The van der Waals surface area contributed by atoms with E-state index in [0.29, 0.717) is 17.9 Å². The number of hydrogen-bond acceptors (Lipinski definition) is 4. The van der Waals surface area contributed by atoms with Crippen molar-refractivity contribution in [2.45, 2.75) is 13.3 Å². The minimum atomic E-state index is 0.578. The van der Waals surface area contributed by atoms with Crippen LogP contribution in [0.3, 0.4) is 0 Å². The summed E-state index contributed by atoms with van der Waals surface area (Å²) in [6.45, 7) is 11.0. The molecular weight excluding hydrogens is 394 g/mol. The number of benzene rings is 2. The summed E-state index contributed by atoms with van der Waals surface area (Å²) in [6.07, 6.45) is 6.36. The Bertz CT molecular complexity index is 1150. The minimum Gasteiger partial charge on any atom is -0.398 e. The predicted molar refractivity (Wildman–Crippen MR) is 136 cm³/mol. The number of nitrogen functional groups attached to an aromatic ring is 1. The number of nitrogens with one attached hydrogen (secondary N) is 2. The fourth-order valence-corrected chi connectivity index (χ4v) is 3.11. The Kier molecular flexibility index (Phi) is 7.60. The van der Waals surface area contributed by atoms with Crippen molar-refractivity contribution in [2.75, 3.05) is 17.6 Å². The fourth-order valence-electron chi connectivity index (χ4n) is 3.11. The number of rotatable bonds is 10. The van der Waals surface area contributed by atoms with Crippen LogP contribution in [0.15, 0.2) is 91.7 Å². The molecular formula is C27H30N5+. The molecule has 0 aliphatic rings. The minimum absolute atomic E-state index is 0.578. The van der Waals surface area contributed by atoms with Crippen LogP contribution < -0.4 is 21.8 Å². The zero-order valence-electron chi connectivity index (χ0n) is 18.4. The summed E-state index contributed by atoms with van der Waals surface area (Å²) in [5.74, 6) is 0. The van der Waals surface area contributed by atoms with E-state index < -0.39 is 0 Å². The lowest BCUT2D eigenvalue weighted by molar-refractivity contribution is -0.110. The molecule has 0 fully saturated rings. The maximum Gasteiger partial charge on any atom is 0.206 e. The largest absolute Gasteiger partial charge is 0.398 e. The molecule has 0 aliphatic carbocycles. The Morgan fingerprint density at radius 2 is 1.84 bits per heavy atom. The van der Waals surface area contributed by atoms with Gasteiger partial charge in [0.1, 0.15) is 0 Å². The van der Waals surface area contributed by atoms with Crippen molar-refractivity contribution in [2.24, 2.45) is 0 Å². The maximum absolute atomic E-state index is 6.31. The van der Waals surface area contributed by atoms with Gasteiger partial charge in [-0.3, -0.25) is 10.4 Å². The van der Waals surface area contributed by atoms with Gasteiger partial charge in [-0.05, 0) is 48.9 Å². The molecule has 0 amide bonds. The molecule has 5 nitrogen and oxygen atoms in total. The van der Waals surface area contributed by atoms with Crippen LogP contribution in [0.25, 0.3) is 11.8 Å². The highest BCUT2D eigenvalue weighted by Gasteiger charge is 2.11. The van der Waals surface area contributed by atoms with Crippen molar-refractivity contribution < 1.29 is 5.41 Å². The number of pyridine rings is 1. The van der Waals surface area contributed by atoms with Gasteiger partial charge in [0.15, 0.2) is 0 Å². The van der Waals surface area contributed by atoms with Crippen molar-refractivity contribution in [3.8, 4) is 0 Å². The number of nitrogens with zero attached hydrogens (tertiary/aromatic N) is 1. The highest BCUT2D eigenvalue weighted by molar-refractivity contribution is 6.10. The quantitative estimate of drug-likeness (QED) is 0.223. The Labute approximate surface area is 189 Å². The first-order valence-electron chi connectivity index (χ1n) is 10.5. The van der Waals surface area contributed by atoms with E-state index in [9.17, 15) is 0 Å². The Morgan fingerprint density at radius 1 is 1.06 bits per heavy atom. The van der Waals surface area contributed by atoms with Gasteiger partial charge in [0.25, 0.3) is 0 Å². The van der Waals surface area contributed by atoms with Crippen LogP contribution in [0.4, 0.5) is 17.1 Å². The molecule has 0 radical (unpaired) electrons. The average Bonchev–Trinajstić information content (AvgIpc) is 2.82. The molecule has 0 saturated carbocycles. The van der Waals surface area contributed by atoms with Crippen LogP contribution in [0.2, 0.25) is 0 Å². The molecule has 0 bridgehead atoms. The van der Waals surface area contributed by atoms with Crippen LogP contribution in [-0.2, 0) is 0 Å². The number of nitrogens with two attached hydrogens (primary N) is 2. The second kappa shape index (κ2) is 10.8. The molecule has 2 aromatic carbocycles. The van der Waals surface area contributed by atoms with E-state index in [1.165, 1.54) is 0 Å². The normalized spacial score (nSPS) is 10.7. The monoisotopic (exact) mass is 424 g/mol. The van der Waals surface area contributed by atoms with Gasteiger partial charge in [0, 0.05) is 47.1 Å². The Morgan fingerprint density at radius 3 is 2.56 bits per heavy atom. The standard InChI is InChI=1S/C27H29N5/c1-4-19(2)18-31-20(3)23-10-5-6-11-27(23)32-22-12-14-24(26(29)17-22)25(28)15-13-21-9-7-8-16-30-21/h5-17,28,31-32H,2-4,18,29H2,1H3/p+1/b15-13+,28-25?. The fraction of sp³-hybridized carbons (Fsp3) is 0.111. The first-order chi connectivity index (χ1) is 15.5. The topological polar surface area (TPSA) is 88.6 Å². The molecule has 0 unspecified atom stereocenters. The van der Waals surface area contributed by atoms with Crippen LogP contribution >= 0.6 is 0 Å². The average molecular weight is 425 g/mol. The maximum atomic E-state index is 6.31. The summed E-state index contributed by atoms with van der Waals surface area (Å²) in [5.41, 5.74) is 13.8. The summed E-state index contributed by atoms with van der Waals surface area (Å²) in [4.78, 5) is 4.26. The first-order valence-corrected chi connectivity index (χ1v) is 10.5. The third-order valence-electron chi connectivity index (χ3n) is 5.07. The van der Waals surface area contributed by atoms with Gasteiger partial charge in [-0.2, -0.15) is 0 Å². The Hall–Kier alpha value is -4.12. The van der Waals surface area contributed by atoms with Gasteiger partial charge in [0.2, 0.25) is 5.71 Å². The molecule has 1 aromatic heterocycles. The number of hydrogen-bond donors (Lipinski definition) is 4. The summed E-state index contributed by atoms with van der Waals surface area (Å²) in [6, 6.07) is 19.5. The van der Waals surface area contributed by atoms with Gasteiger partial charge in [-0.15, -0.1) is 0 Å². The molecule has 0 spiro atoms. The van der Waals surface area contributed by atoms with Crippen molar-refractivity contribution in [3.63, 3.8) is 0 Å². The number of anilines is 3. The highest BCUT2D eigenvalue weighted by atomic mass is 14.9. The van der Waals surface area contributed by atoms with E-state index >= 15 is 0 Å². The van der Waals surface area contributed by atoms with Gasteiger partial charge in [-0.1, -0.05) is 49.9 Å². The molecule has 0 saturated heterocycles. The molecule has 3 aromatic rings. The van der Waals surface area contributed by atoms with E-state index in [1.54, 1.807) is 6.20 Å². The van der Waals surface area contributed by atoms with E-state index in [4.69, 9.17) is 11.1 Å². The first kappa shape index (κ1) is 22.6. The van der Waals surface area contributed by atoms with Crippen molar-refractivity contribution in [3.05, 3.63) is 108 Å². The van der Waals surface area contributed by atoms with Crippen LogP contribution in [0.1, 0.15) is 30.2 Å². The summed E-state index contributed by atoms with van der Waals surface area (Å²) in [7, 11) is 0. The van der Waals surface area contributed by atoms with Crippen LogP contribution in [0.5, 0.6) is 0 Å². The second-order valence-electron chi connectivity index (χ2n) is 7.45. The lowest BCUT2D eigenvalue weighted by Crippen LogP contribution is -2.39. The van der Waals surface area contributed by atoms with Gasteiger partial charge < -0.3 is 16.4 Å². The lowest BCUT2D eigenvalue weighted by atomic mass is 10.1. The molecule has 0 aliphatic heterocycles. The van der Waals surface area contributed by atoms with Crippen LogP contribution in [0, 0.1) is 0 Å². The van der Waals surface area contributed by atoms with Crippen molar-refractivity contribution >= 4 is 34.5 Å². The molecule has 162 valence electrons. The van der Waals surface area contributed by atoms with Gasteiger partial charge in [-0.25, -0.2) is 0 Å². The molecule has 3 rings (SSSR count). The van der Waals surface area contributed by atoms with E-state index in [1.807, 2.05) is 72.8 Å². The Balaban J connectivity index is 1.73. The molecule has 0 atom stereocenters. The summed E-state index contributed by atoms with van der Waals surface area (Å²) >= 11 is 0. The zero-order valence-corrected chi connectivity index (χ0v) is 18.4. The van der Waals surface area contributed by atoms with Crippen molar-refractivity contribution in [1.82, 2.24) is 10.3 Å². The second-order valence-corrected chi connectivity index (χ2v) is 7.45. The smallest absolute Gasteiger partial charge is 0.206 e. The summed E-state index contributed by atoms with van der Waals surface area (Å²) in [5, 5.41) is 13.0. The van der Waals surface area contributed by atoms with Crippen LogP contribution in [-0.4, -0.2) is 17.2 Å². The van der Waals surface area contributed by atoms with E-state index in [2.05, 4.69) is 35.7 Å². The van der Waals surface area contributed by atoms with E-state index in [-0.39, 0.29) is 0 Å². The van der Waals surface area contributed by atoms with E-state index in [0.717, 1.165) is 45.9 Å². The van der Waals surface area contributed by atoms with Gasteiger partial charge >= 0.3 is 0 Å². The van der Waals surface area contributed by atoms with Gasteiger partial charge in [0.05, 0.1) is 11.3 Å². The third kappa shape index (κ3) is 5.95. The predicted octanol–water partition coefficient (Wildman–Crippen LogP) is 4.20. The molecule has 1 heterocycles.